The van der Waals surface area contributed by atoms with Gasteiger partial charge in [0.15, 0.2) is 0 Å². The van der Waals surface area contributed by atoms with Gasteiger partial charge in [-0.1, -0.05) is 31.2 Å². The zero-order valence-electron chi connectivity index (χ0n) is 12.7. The van der Waals surface area contributed by atoms with Crippen LogP contribution in [0.2, 0.25) is 0 Å². The second-order valence-electron chi connectivity index (χ2n) is 5.71. The number of nitrogens with two attached hydrogens (primary N) is 1. The summed E-state index contributed by atoms with van der Waals surface area (Å²) in [5.74, 6) is 0.656. The molecule has 0 saturated heterocycles. The van der Waals surface area contributed by atoms with Crippen molar-refractivity contribution in [1.82, 2.24) is 0 Å². The van der Waals surface area contributed by atoms with Crippen molar-refractivity contribution in [2.24, 2.45) is 11.7 Å². The molecule has 0 amide bonds. The van der Waals surface area contributed by atoms with Gasteiger partial charge in [-0.05, 0) is 42.4 Å². The van der Waals surface area contributed by atoms with Gasteiger partial charge in [-0.3, -0.25) is 0 Å². The van der Waals surface area contributed by atoms with Crippen LogP contribution in [0.1, 0.15) is 18.1 Å². The first-order valence-electron chi connectivity index (χ1n) is 7.46. The minimum atomic E-state index is 0.583. The predicted octanol–water partition coefficient (Wildman–Crippen LogP) is 4.20. The van der Waals surface area contributed by atoms with Crippen LogP contribution in [0.15, 0.2) is 47.4 Å². The molecule has 3 heteroatoms. The van der Waals surface area contributed by atoms with Crippen LogP contribution in [-0.2, 0) is 13.0 Å². The zero-order valence-corrected chi connectivity index (χ0v) is 13.5. The lowest BCUT2D eigenvalue weighted by Gasteiger charge is -2.36. The van der Waals surface area contributed by atoms with Crippen LogP contribution in [0.25, 0.3) is 0 Å². The van der Waals surface area contributed by atoms with Crippen molar-refractivity contribution < 1.29 is 0 Å². The maximum atomic E-state index is 6.05. The number of hydrogen-bond donors (Lipinski definition) is 1. The second kappa shape index (κ2) is 6.12. The molecular weight excluding hydrogens is 276 g/mol. The van der Waals surface area contributed by atoms with Gasteiger partial charge in [0.1, 0.15) is 0 Å². The standard InChI is InChI=1S/C18H22N2S/c1-13-10-14-6-3-4-7-16(14)20(12-13)17-8-5-9-18(21-2)15(17)11-19/h3-9,13H,10-12,19H2,1-2H3. The van der Waals surface area contributed by atoms with Gasteiger partial charge in [-0.25, -0.2) is 0 Å². The van der Waals surface area contributed by atoms with Gasteiger partial charge in [0.25, 0.3) is 0 Å². The third-order valence-electron chi connectivity index (χ3n) is 4.17. The van der Waals surface area contributed by atoms with Gasteiger partial charge in [0.2, 0.25) is 0 Å². The molecule has 2 nitrogen and oxygen atoms in total. The Morgan fingerprint density at radius 3 is 2.67 bits per heavy atom. The predicted molar refractivity (Wildman–Crippen MR) is 92.4 cm³/mol. The summed E-state index contributed by atoms with van der Waals surface area (Å²) in [6.07, 6.45) is 3.28. The number of benzene rings is 2. The molecule has 3 rings (SSSR count). The molecule has 1 heterocycles. The number of anilines is 2. The van der Waals surface area contributed by atoms with E-state index in [9.17, 15) is 0 Å². The van der Waals surface area contributed by atoms with Gasteiger partial charge in [-0.2, -0.15) is 0 Å². The third kappa shape index (κ3) is 2.68. The summed E-state index contributed by atoms with van der Waals surface area (Å²) in [7, 11) is 0. The molecule has 1 unspecified atom stereocenters. The van der Waals surface area contributed by atoms with Crippen molar-refractivity contribution in [3.63, 3.8) is 0 Å². The van der Waals surface area contributed by atoms with Crippen LogP contribution in [-0.4, -0.2) is 12.8 Å². The molecule has 1 aliphatic heterocycles. The Kier molecular flexibility index (Phi) is 4.22. The Balaban J connectivity index is 2.13. The fourth-order valence-electron chi connectivity index (χ4n) is 3.23. The molecule has 110 valence electrons. The van der Waals surface area contributed by atoms with Gasteiger partial charge in [0, 0.05) is 34.9 Å². The topological polar surface area (TPSA) is 29.3 Å². The van der Waals surface area contributed by atoms with Crippen LogP contribution < -0.4 is 10.6 Å². The summed E-state index contributed by atoms with van der Waals surface area (Å²) in [5, 5.41) is 0. The molecule has 2 aromatic carbocycles. The van der Waals surface area contributed by atoms with Crippen molar-refractivity contribution in [3.8, 4) is 0 Å². The summed E-state index contributed by atoms with van der Waals surface area (Å²) >= 11 is 1.77. The van der Waals surface area contributed by atoms with Crippen LogP contribution in [0.4, 0.5) is 11.4 Å². The summed E-state index contributed by atoms with van der Waals surface area (Å²) in [5.41, 5.74) is 11.3. The van der Waals surface area contributed by atoms with Crippen molar-refractivity contribution in [2.75, 3.05) is 17.7 Å². The first-order chi connectivity index (χ1) is 10.2. The molecule has 1 atom stereocenters. The summed E-state index contributed by atoms with van der Waals surface area (Å²) in [4.78, 5) is 3.73. The minimum Gasteiger partial charge on any atom is -0.341 e. The Morgan fingerprint density at radius 2 is 1.90 bits per heavy atom. The van der Waals surface area contributed by atoms with Crippen molar-refractivity contribution in [1.29, 1.82) is 0 Å². The Morgan fingerprint density at radius 1 is 1.14 bits per heavy atom. The molecule has 0 aliphatic carbocycles. The van der Waals surface area contributed by atoms with Crippen molar-refractivity contribution in [2.45, 2.75) is 24.8 Å². The molecule has 0 fully saturated rings. The first kappa shape index (κ1) is 14.5. The van der Waals surface area contributed by atoms with Crippen LogP contribution >= 0.6 is 11.8 Å². The smallest absolute Gasteiger partial charge is 0.0467 e. The highest BCUT2D eigenvalue weighted by Crippen LogP contribution is 2.39. The number of rotatable bonds is 3. The van der Waals surface area contributed by atoms with E-state index >= 15 is 0 Å². The van der Waals surface area contributed by atoms with E-state index in [4.69, 9.17) is 5.73 Å². The van der Waals surface area contributed by atoms with Gasteiger partial charge in [0.05, 0.1) is 0 Å². The van der Waals surface area contributed by atoms with Crippen molar-refractivity contribution >= 4 is 23.1 Å². The van der Waals surface area contributed by atoms with Gasteiger partial charge >= 0.3 is 0 Å². The van der Waals surface area contributed by atoms with Crippen LogP contribution in [0.3, 0.4) is 0 Å². The molecular formula is C18H22N2S. The molecule has 0 radical (unpaired) electrons. The number of fused-ring (bicyclic) bond motifs is 1. The van der Waals surface area contributed by atoms with E-state index in [-0.39, 0.29) is 0 Å². The maximum absolute atomic E-state index is 6.05. The normalized spacial score (nSPS) is 17.7. The van der Waals surface area contributed by atoms with E-state index in [2.05, 4.69) is 60.5 Å². The molecule has 2 aromatic rings. The largest absolute Gasteiger partial charge is 0.341 e. The summed E-state index contributed by atoms with van der Waals surface area (Å²) in [6, 6.07) is 15.2. The van der Waals surface area contributed by atoms with E-state index in [1.165, 1.54) is 27.4 Å². The monoisotopic (exact) mass is 298 g/mol. The fourth-order valence-corrected chi connectivity index (χ4v) is 3.88. The van der Waals surface area contributed by atoms with Gasteiger partial charge in [-0.15, -0.1) is 11.8 Å². The second-order valence-corrected chi connectivity index (χ2v) is 6.56. The molecule has 0 spiro atoms. The Labute approximate surface area is 131 Å². The lowest BCUT2D eigenvalue weighted by atomic mass is 9.93. The van der Waals surface area contributed by atoms with E-state index in [0.717, 1.165) is 13.0 Å². The average molecular weight is 298 g/mol. The maximum Gasteiger partial charge on any atom is 0.0467 e. The Bertz CT molecular complexity index is 639. The summed E-state index contributed by atoms with van der Waals surface area (Å²) in [6.45, 7) is 3.96. The molecule has 0 bridgehead atoms. The van der Waals surface area contributed by atoms with E-state index in [0.29, 0.717) is 12.5 Å². The molecule has 21 heavy (non-hydrogen) atoms. The highest BCUT2D eigenvalue weighted by molar-refractivity contribution is 7.98. The highest BCUT2D eigenvalue weighted by Gasteiger charge is 2.24. The third-order valence-corrected chi connectivity index (χ3v) is 4.99. The van der Waals surface area contributed by atoms with Gasteiger partial charge < -0.3 is 10.6 Å². The fraction of sp³-hybridized carbons (Fsp3) is 0.333. The lowest BCUT2D eigenvalue weighted by molar-refractivity contribution is 0.561. The quantitative estimate of drug-likeness (QED) is 0.861. The van der Waals surface area contributed by atoms with E-state index in [1.807, 2.05) is 0 Å². The summed E-state index contributed by atoms with van der Waals surface area (Å²) < 4.78 is 0. The lowest BCUT2D eigenvalue weighted by Crippen LogP contribution is -2.31. The SMILES string of the molecule is CSc1cccc(N2CC(C)Cc3ccccc32)c1CN. The number of para-hydroxylation sites is 1. The number of hydrogen-bond acceptors (Lipinski definition) is 3. The average Bonchev–Trinajstić information content (AvgIpc) is 2.53. The first-order valence-corrected chi connectivity index (χ1v) is 8.68. The Hall–Kier alpha value is -1.45. The van der Waals surface area contributed by atoms with Crippen LogP contribution in [0.5, 0.6) is 0 Å². The molecule has 1 aliphatic rings. The highest BCUT2D eigenvalue weighted by atomic mass is 32.2. The minimum absolute atomic E-state index is 0.583. The molecule has 2 N–H and O–H groups in total. The number of thioether (sulfide) groups is 1. The van der Waals surface area contributed by atoms with Crippen LogP contribution in [0, 0.1) is 5.92 Å². The molecule has 0 saturated carbocycles. The molecule has 0 aromatic heterocycles. The van der Waals surface area contributed by atoms with E-state index < -0.39 is 0 Å². The van der Waals surface area contributed by atoms with E-state index in [1.54, 1.807) is 11.8 Å². The van der Waals surface area contributed by atoms with Crippen molar-refractivity contribution in [3.05, 3.63) is 53.6 Å². The zero-order chi connectivity index (χ0) is 14.8. The number of nitrogens with zero attached hydrogens (tertiary/aromatic N) is 1.